The van der Waals surface area contributed by atoms with E-state index in [0.717, 1.165) is 21.9 Å². The van der Waals surface area contributed by atoms with Gasteiger partial charge in [-0.15, -0.1) is 0 Å². The third-order valence-corrected chi connectivity index (χ3v) is 6.50. The van der Waals surface area contributed by atoms with Gasteiger partial charge in [0.25, 0.3) is 0 Å². The maximum Gasteiger partial charge on any atom is 0.242 e. The van der Waals surface area contributed by atoms with Gasteiger partial charge in [0.1, 0.15) is 6.04 Å². The maximum absolute atomic E-state index is 13.6. The summed E-state index contributed by atoms with van der Waals surface area (Å²) in [5.74, 6) is 0.105. The van der Waals surface area contributed by atoms with Crippen LogP contribution in [0.25, 0.3) is 10.8 Å². The van der Waals surface area contributed by atoms with Crippen LogP contribution in [0.3, 0.4) is 0 Å². The second kappa shape index (κ2) is 12.2. The molecule has 0 radical (unpaired) electrons. The molecule has 0 aliphatic carbocycles. The van der Waals surface area contributed by atoms with Crippen molar-refractivity contribution < 1.29 is 9.59 Å². The van der Waals surface area contributed by atoms with Gasteiger partial charge in [0.15, 0.2) is 0 Å². The molecule has 0 saturated heterocycles. The van der Waals surface area contributed by atoms with Crippen LogP contribution in [0.4, 0.5) is 0 Å². The highest BCUT2D eigenvalue weighted by Crippen LogP contribution is 2.25. The van der Waals surface area contributed by atoms with Gasteiger partial charge in [-0.2, -0.15) is 0 Å². The van der Waals surface area contributed by atoms with Crippen molar-refractivity contribution in [2.75, 3.05) is 6.54 Å². The van der Waals surface area contributed by atoms with E-state index in [0.29, 0.717) is 41.8 Å². The van der Waals surface area contributed by atoms with Crippen molar-refractivity contribution in [3.63, 3.8) is 0 Å². The lowest BCUT2D eigenvalue weighted by atomic mass is 10.00. The minimum Gasteiger partial charge on any atom is -0.354 e. The van der Waals surface area contributed by atoms with Crippen molar-refractivity contribution in [2.45, 2.75) is 52.6 Å². The van der Waals surface area contributed by atoms with Crippen molar-refractivity contribution in [1.29, 1.82) is 0 Å². The van der Waals surface area contributed by atoms with E-state index in [1.54, 1.807) is 17.0 Å². The Balaban J connectivity index is 1.84. The number of aryl methyl sites for hydroxylation is 1. The van der Waals surface area contributed by atoms with Gasteiger partial charge in [-0.05, 0) is 52.8 Å². The molecule has 0 saturated carbocycles. The Morgan fingerprint density at radius 2 is 1.71 bits per heavy atom. The molecule has 180 valence electrons. The van der Waals surface area contributed by atoms with E-state index in [-0.39, 0.29) is 18.4 Å². The third kappa shape index (κ3) is 6.74. The van der Waals surface area contributed by atoms with E-state index in [1.165, 1.54) is 0 Å². The van der Waals surface area contributed by atoms with Gasteiger partial charge in [-0.1, -0.05) is 92.5 Å². The lowest BCUT2D eigenvalue weighted by Crippen LogP contribution is -2.49. The summed E-state index contributed by atoms with van der Waals surface area (Å²) < 4.78 is 0. The largest absolute Gasteiger partial charge is 0.354 e. The molecule has 1 atom stereocenters. The Hall–Kier alpha value is -2.56. The lowest BCUT2D eigenvalue weighted by Gasteiger charge is -2.31. The number of rotatable bonds is 10. The average Bonchev–Trinajstić information content (AvgIpc) is 2.82. The second-order valence-electron chi connectivity index (χ2n) is 8.96. The second-order valence-corrected chi connectivity index (χ2v) is 9.80. The molecule has 0 aromatic heterocycles. The Bertz CT molecular complexity index is 1140. The summed E-state index contributed by atoms with van der Waals surface area (Å²) >= 11 is 12.5. The van der Waals surface area contributed by atoms with Crippen LogP contribution in [0.5, 0.6) is 0 Å². The fraction of sp³-hybridized carbons (Fsp3) is 0.357. The van der Waals surface area contributed by atoms with Crippen molar-refractivity contribution in [3.8, 4) is 0 Å². The molecule has 6 heteroatoms. The molecule has 0 fully saturated rings. The molecule has 0 unspecified atom stereocenters. The predicted molar refractivity (Wildman–Crippen MR) is 141 cm³/mol. The van der Waals surface area contributed by atoms with Crippen molar-refractivity contribution in [1.82, 2.24) is 10.2 Å². The SMILES string of the molecule is CC[C@@H](C(=O)NCC(C)C)N(Cc1ccc(Cl)cc1Cl)C(=O)CCc1cccc2ccccc12. The number of carbonyl (C=O) groups is 2. The zero-order chi connectivity index (χ0) is 24.7. The van der Waals surface area contributed by atoms with Crippen LogP contribution >= 0.6 is 23.2 Å². The Morgan fingerprint density at radius 3 is 2.41 bits per heavy atom. The molecule has 3 rings (SSSR count). The number of hydrogen-bond acceptors (Lipinski definition) is 2. The van der Waals surface area contributed by atoms with Crippen LogP contribution in [0.2, 0.25) is 10.0 Å². The molecule has 4 nitrogen and oxygen atoms in total. The number of hydrogen-bond donors (Lipinski definition) is 1. The summed E-state index contributed by atoms with van der Waals surface area (Å²) in [6.45, 7) is 6.82. The summed E-state index contributed by atoms with van der Waals surface area (Å²) in [6, 6.07) is 19.0. The van der Waals surface area contributed by atoms with Crippen LogP contribution in [0.1, 0.15) is 44.7 Å². The Kier molecular flexibility index (Phi) is 9.37. The zero-order valence-corrected chi connectivity index (χ0v) is 21.5. The van der Waals surface area contributed by atoms with E-state index in [1.807, 2.05) is 45.0 Å². The third-order valence-electron chi connectivity index (χ3n) is 5.91. The highest BCUT2D eigenvalue weighted by atomic mass is 35.5. The van der Waals surface area contributed by atoms with Crippen LogP contribution in [-0.4, -0.2) is 29.3 Å². The number of fused-ring (bicyclic) bond motifs is 1. The molecule has 0 aliphatic heterocycles. The van der Waals surface area contributed by atoms with Gasteiger partial charge in [-0.25, -0.2) is 0 Å². The predicted octanol–water partition coefficient (Wildman–Crippen LogP) is 6.66. The molecular weight excluding hydrogens is 467 g/mol. The summed E-state index contributed by atoms with van der Waals surface area (Å²) in [5.41, 5.74) is 1.88. The first-order chi connectivity index (χ1) is 16.3. The molecule has 0 heterocycles. The average molecular weight is 499 g/mol. The first kappa shape index (κ1) is 26.1. The summed E-state index contributed by atoms with van der Waals surface area (Å²) in [4.78, 5) is 28.3. The Morgan fingerprint density at radius 1 is 0.971 bits per heavy atom. The minimum atomic E-state index is -0.578. The molecule has 3 aromatic carbocycles. The zero-order valence-electron chi connectivity index (χ0n) is 20.0. The molecule has 0 aliphatic rings. The molecule has 2 amide bonds. The topological polar surface area (TPSA) is 49.4 Å². The van der Waals surface area contributed by atoms with Gasteiger partial charge < -0.3 is 10.2 Å². The van der Waals surface area contributed by atoms with Gasteiger partial charge in [-0.3, -0.25) is 9.59 Å². The van der Waals surface area contributed by atoms with Crippen molar-refractivity contribution in [2.24, 2.45) is 5.92 Å². The van der Waals surface area contributed by atoms with E-state index in [4.69, 9.17) is 23.2 Å². The Labute approximate surface area is 212 Å². The van der Waals surface area contributed by atoms with E-state index < -0.39 is 6.04 Å². The molecule has 0 bridgehead atoms. The fourth-order valence-corrected chi connectivity index (χ4v) is 4.54. The van der Waals surface area contributed by atoms with Gasteiger partial charge >= 0.3 is 0 Å². The first-order valence-corrected chi connectivity index (χ1v) is 12.5. The smallest absolute Gasteiger partial charge is 0.242 e. The highest BCUT2D eigenvalue weighted by Gasteiger charge is 2.29. The summed E-state index contributed by atoms with van der Waals surface area (Å²) in [6.07, 6.45) is 1.40. The molecule has 0 spiro atoms. The van der Waals surface area contributed by atoms with Crippen molar-refractivity contribution in [3.05, 3.63) is 81.8 Å². The normalized spacial score (nSPS) is 12.1. The molecular formula is C28H32Cl2N2O2. The van der Waals surface area contributed by atoms with E-state index in [2.05, 4.69) is 29.6 Å². The maximum atomic E-state index is 13.6. The van der Waals surface area contributed by atoms with Crippen molar-refractivity contribution >= 4 is 45.8 Å². The molecule has 34 heavy (non-hydrogen) atoms. The van der Waals surface area contributed by atoms with E-state index in [9.17, 15) is 9.59 Å². The number of halogens is 2. The lowest BCUT2D eigenvalue weighted by molar-refractivity contribution is -0.141. The van der Waals surface area contributed by atoms with Crippen LogP contribution in [-0.2, 0) is 22.6 Å². The van der Waals surface area contributed by atoms with Gasteiger partial charge in [0.05, 0.1) is 0 Å². The number of nitrogens with zero attached hydrogens (tertiary/aromatic N) is 1. The number of nitrogens with one attached hydrogen (secondary N) is 1. The quantitative estimate of drug-likeness (QED) is 0.339. The van der Waals surface area contributed by atoms with Gasteiger partial charge in [0.2, 0.25) is 11.8 Å². The summed E-state index contributed by atoms with van der Waals surface area (Å²) in [7, 11) is 0. The van der Waals surface area contributed by atoms with Crippen LogP contribution < -0.4 is 5.32 Å². The minimum absolute atomic E-state index is 0.0782. The highest BCUT2D eigenvalue weighted by molar-refractivity contribution is 6.35. The fourth-order valence-electron chi connectivity index (χ4n) is 4.07. The van der Waals surface area contributed by atoms with E-state index >= 15 is 0 Å². The number of amides is 2. The summed E-state index contributed by atoms with van der Waals surface area (Å²) in [5, 5.41) is 6.30. The standard InChI is InChI=1S/C28H32Cl2N2O2/c1-4-26(28(34)31-17-19(2)3)32(18-22-12-14-23(29)16-25(22)30)27(33)15-13-21-10-7-9-20-8-5-6-11-24(20)21/h5-12,14,16,19,26H,4,13,15,17-18H2,1-3H3,(H,31,34)/t26-/m0/s1. The number of benzene rings is 3. The monoisotopic (exact) mass is 498 g/mol. The van der Waals surface area contributed by atoms with Crippen LogP contribution in [0.15, 0.2) is 60.7 Å². The van der Waals surface area contributed by atoms with Crippen LogP contribution in [0, 0.1) is 5.92 Å². The molecule has 3 aromatic rings. The van der Waals surface area contributed by atoms with Gasteiger partial charge in [0, 0.05) is 29.6 Å². The molecule has 1 N–H and O–H groups in total. The number of carbonyl (C=O) groups excluding carboxylic acids is 2. The first-order valence-electron chi connectivity index (χ1n) is 11.8.